The molecule has 0 spiro atoms. The standard InChI is InChI=1S/C16H20N2O3/c1-12-9-14(5-3-4-8-19)11-15(10-12)16(21)18-7-6-17-13(2)20/h9-11,19H,4,6-8H2,1-2H3,(H,17,20)(H,18,21). The summed E-state index contributed by atoms with van der Waals surface area (Å²) in [6.07, 6.45) is 0.409. The van der Waals surface area contributed by atoms with Gasteiger partial charge in [-0.25, -0.2) is 0 Å². The molecular weight excluding hydrogens is 268 g/mol. The van der Waals surface area contributed by atoms with Crippen molar-refractivity contribution < 1.29 is 14.7 Å². The van der Waals surface area contributed by atoms with E-state index in [0.29, 0.717) is 25.1 Å². The summed E-state index contributed by atoms with van der Waals surface area (Å²) < 4.78 is 0. The van der Waals surface area contributed by atoms with Gasteiger partial charge in [-0.1, -0.05) is 11.8 Å². The van der Waals surface area contributed by atoms with Crippen LogP contribution in [0.25, 0.3) is 0 Å². The lowest BCUT2D eigenvalue weighted by atomic mass is 10.1. The Balaban J connectivity index is 2.67. The molecule has 0 unspecified atom stereocenters. The summed E-state index contributed by atoms with van der Waals surface area (Å²) in [5.41, 5.74) is 2.22. The zero-order valence-corrected chi connectivity index (χ0v) is 12.3. The molecule has 5 nitrogen and oxygen atoms in total. The highest BCUT2D eigenvalue weighted by atomic mass is 16.2. The van der Waals surface area contributed by atoms with Crippen LogP contribution in [0, 0.1) is 18.8 Å². The fraction of sp³-hybridized carbons (Fsp3) is 0.375. The number of aliphatic hydroxyl groups excluding tert-OH is 1. The molecular formula is C16H20N2O3. The molecule has 0 saturated carbocycles. The largest absolute Gasteiger partial charge is 0.395 e. The van der Waals surface area contributed by atoms with E-state index in [2.05, 4.69) is 22.5 Å². The number of nitrogens with one attached hydrogen (secondary N) is 2. The van der Waals surface area contributed by atoms with Crippen LogP contribution >= 0.6 is 0 Å². The first-order valence-corrected chi connectivity index (χ1v) is 6.77. The van der Waals surface area contributed by atoms with E-state index in [-0.39, 0.29) is 18.4 Å². The predicted molar refractivity (Wildman–Crippen MR) is 80.8 cm³/mol. The van der Waals surface area contributed by atoms with Crippen LogP contribution in [0.2, 0.25) is 0 Å². The van der Waals surface area contributed by atoms with E-state index >= 15 is 0 Å². The third-order valence-corrected chi connectivity index (χ3v) is 2.59. The SMILES string of the molecule is CC(=O)NCCNC(=O)c1cc(C)cc(C#CCCO)c1. The number of hydrogen-bond acceptors (Lipinski definition) is 3. The van der Waals surface area contributed by atoms with E-state index in [1.165, 1.54) is 6.92 Å². The van der Waals surface area contributed by atoms with Gasteiger partial charge in [-0.3, -0.25) is 9.59 Å². The molecule has 0 aromatic heterocycles. The first-order valence-electron chi connectivity index (χ1n) is 6.77. The Kier molecular flexibility index (Phi) is 6.99. The zero-order valence-electron chi connectivity index (χ0n) is 12.3. The van der Waals surface area contributed by atoms with Crippen LogP contribution in [-0.4, -0.2) is 36.6 Å². The van der Waals surface area contributed by atoms with E-state index in [1.807, 2.05) is 13.0 Å². The maximum atomic E-state index is 12.0. The second-order valence-corrected chi connectivity index (χ2v) is 4.60. The lowest BCUT2D eigenvalue weighted by molar-refractivity contribution is -0.118. The molecule has 0 aliphatic rings. The van der Waals surface area contributed by atoms with E-state index < -0.39 is 0 Å². The maximum absolute atomic E-state index is 12.0. The van der Waals surface area contributed by atoms with Crippen LogP contribution < -0.4 is 10.6 Å². The summed E-state index contributed by atoms with van der Waals surface area (Å²) in [6.45, 7) is 4.12. The molecule has 0 heterocycles. The molecule has 0 radical (unpaired) electrons. The molecule has 1 rings (SSSR count). The number of aryl methyl sites for hydroxylation is 1. The number of benzene rings is 1. The molecule has 0 atom stereocenters. The van der Waals surface area contributed by atoms with Crippen LogP contribution in [0.3, 0.4) is 0 Å². The summed E-state index contributed by atoms with van der Waals surface area (Å²) in [6, 6.07) is 5.38. The van der Waals surface area contributed by atoms with Gasteiger partial charge in [0.05, 0.1) is 6.61 Å². The molecule has 0 aliphatic heterocycles. The first kappa shape index (κ1) is 16.7. The number of amides is 2. The molecule has 112 valence electrons. The minimum Gasteiger partial charge on any atom is -0.395 e. The Morgan fingerprint density at radius 3 is 2.57 bits per heavy atom. The monoisotopic (exact) mass is 288 g/mol. The quantitative estimate of drug-likeness (QED) is 0.548. The van der Waals surface area contributed by atoms with Crippen molar-refractivity contribution in [3.63, 3.8) is 0 Å². The summed E-state index contributed by atoms with van der Waals surface area (Å²) in [5.74, 6) is 5.42. The molecule has 5 heteroatoms. The summed E-state index contributed by atoms with van der Waals surface area (Å²) in [5, 5.41) is 14.0. The Morgan fingerprint density at radius 2 is 1.90 bits per heavy atom. The molecule has 21 heavy (non-hydrogen) atoms. The van der Waals surface area contributed by atoms with Gasteiger partial charge in [0.2, 0.25) is 5.91 Å². The number of aliphatic hydroxyl groups is 1. The van der Waals surface area contributed by atoms with Crippen LogP contribution in [0.15, 0.2) is 18.2 Å². The van der Waals surface area contributed by atoms with Crippen molar-refractivity contribution in [2.75, 3.05) is 19.7 Å². The normalized spacial score (nSPS) is 9.48. The van der Waals surface area contributed by atoms with Gasteiger partial charge < -0.3 is 15.7 Å². The van der Waals surface area contributed by atoms with Crippen molar-refractivity contribution in [2.24, 2.45) is 0 Å². The molecule has 1 aromatic rings. The molecule has 3 N–H and O–H groups in total. The van der Waals surface area contributed by atoms with Crippen LogP contribution in [-0.2, 0) is 4.79 Å². The number of rotatable bonds is 5. The van der Waals surface area contributed by atoms with Crippen molar-refractivity contribution >= 4 is 11.8 Å². The third kappa shape index (κ3) is 6.59. The maximum Gasteiger partial charge on any atom is 0.251 e. The van der Waals surface area contributed by atoms with Crippen molar-refractivity contribution in [1.82, 2.24) is 10.6 Å². The molecule has 0 saturated heterocycles. The first-order chi connectivity index (χ1) is 10.0. The number of hydrogen-bond donors (Lipinski definition) is 3. The highest BCUT2D eigenvalue weighted by Crippen LogP contribution is 2.09. The zero-order chi connectivity index (χ0) is 15.7. The second kappa shape index (κ2) is 8.77. The smallest absolute Gasteiger partial charge is 0.251 e. The minimum absolute atomic E-state index is 0.0231. The van der Waals surface area contributed by atoms with E-state index in [4.69, 9.17) is 5.11 Å². The molecule has 1 aromatic carbocycles. The fourth-order valence-corrected chi connectivity index (χ4v) is 1.72. The van der Waals surface area contributed by atoms with Crippen molar-refractivity contribution in [3.8, 4) is 11.8 Å². The van der Waals surface area contributed by atoms with E-state index in [0.717, 1.165) is 11.1 Å². The van der Waals surface area contributed by atoms with Gasteiger partial charge in [0.1, 0.15) is 0 Å². The van der Waals surface area contributed by atoms with Crippen molar-refractivity contribution in [2.45, 2.75) is 20.3 Å². The van der Waals surface area contributed by atoms with Crippen LogP contribution in [0.1, 0.15) is 34.8 Å². The minimum atomic E-state index is -0.200. The van der Waals surface area contributed by atoms with E-state index in [9.17, 15) is 9.59 Å². The molecule has 0 aliphatic carbocycles. The summed E-state index contributed by atoms with van der Waals surface area (Å²) >= 11 is 0. The Morgan fingerprint density at radius 1 is 1.19 bits per heavy atom. The molecule has 2 amide bonds. The summed E-state index contributed by atoms with van der Waals surface area (Å²) in [7, 11) is 0. The van der Waals surface area contributed by atoms with Crippen LogP contribution in [0.4, 0.5) is 0 Å². The van der Waals surface area contributed by atoms with Gasteiger partial charge in [-0.15, -0.1) is 0 Å². The van der Waals surface area contributed by atoms with E-state index in [1.54, 1.807) is 12.1 Å². The topological polar surface area (TPSA) is 78.4 Å². The van der Waals surface area contributed by atoms with Gasteiger partial charge in [-0.2, -0.15) is 0 Å². The Bertz CT molecular complexity index is 571. The summed E-state index contributed by atoms with van der Waals surface area (Å²) in [4.78, 5) is 22.7. The highest BCUT2D eigenvalue weighted by Gasteiger charge is 2.06. The van der Waals surface area contributed by atoms with Gasteiger partial charge in [-0.05, 0) is 30.7 Å². The lowest BCUT2D eigenvalue weighted by Crippen LogP contribution is -2.33. The third-order valence-electron chi connectivity index (χ3n) is 2.59. The number of carbonyl (C=O) groups is 2. The van der Waals surface area contributed by atoms with Crippen molar-refractivity contribution in [3.05, 3.63) is 34.9 Å². The fourth-order valence-electron chi connectivity index (χ4n) is 1.72. The second-order valence-electron chi connectivity index (χ2n) is 4.60. The molecule has 0 fully saturated rings. The highest BCUT2D eigenvalue weighted by molar-refractivity contribution is 5.94. The van der Waals surface area contributed by atoms with Crippen LogP contribution in [0.5, 0.6) is 0 Å². The van der Waals surface area contributed by atoms with Gasteiger partial charge >= 0.3 is 0 Å². The van der Waals surface area contributed by atoms with Gasteiger partial charge in [0.15, 0.2) is 0 Å². The average molecular weight is 288 g/mol. The lowest BCUT2D eigenvalue weighted by Gasteiger charge is -2.07. The number of carbonyl (C=O) groups excluding carboxylic acids is 2. The average Bonchev–Trinajstić information content (AvgIpc) is 2.43. The van der Waals surface area contributed by atoms with Gasteiger partial charge in [0.25, 0.3) is 5.91 Å². The Hall–Kier alpha value is -2.32. The van der Waals surface area contributed by atoms with Crippen molar-refractivity contribution in [1.29, 1.82) is 0 Å². The Labute approximate surface area is 124 Å². The predicted octanol–water partition coefficient (Wildman–Crippen LogP) is 0.595. The van der Waals surface area contributed by atoms with Gasteiger partial charge in [0, 0.05) is 37.6 Å². The molecule has 0 bridgehead atoms.